The lowest BCUT2D eigenvalue weighted by atomic mass is 9.92. The van der Waals surface area contributed by atoms with E-state index >= 15 is 0 Å². The molecule has 3 rings (SSSR count). The monoisotopic (exact) mass is 318 g/mol. The lowest BCUT2D eigenvalue weighted by Gasteiger charge is -2.11. The number of Topliss-reactive ketones (excluding diaryl/α,β-unsaturated/α-hetero) is 1. The van der Waals surface area contributed by atoms with E-state index in [-0.39, 0.29) is 17.3 Å². The first kappa shape index (κ1) is 12.5. The van der Waals surface area contributed by atoms with E-state index in [1.165, 1.54) is 5.56 Å². The summed E-state index contributed by atoms with van der Waals surface area (Å²) in [5, 5.41) is 0. The number of fused-ring (bicyclic) bond motifs is 1. The van der Waals surface area contributed by atoms with Gasteiger partial charge in [0.15, 0.2) is 5.78 Å². The molecule has 1 atom stereocenters. The van der Waals surface area contributed by atoms with Crippen LogP contribution in [0.3, 0.4) is 0 Å². The summed E-state index contributed by atoms with van der Waals surface area (Å²) in [7, 11) is 0. The molecule has 1 unspecified atom stereocenters. The minimum atomic E-state index is -0.461. The molecule has 2 aromatic carbocycles. The van der Waals surface area contributed by atoms with E-state index in [9.17, 15) is 9.18 Å². The van der Waals surface area contributed by atoms with Gasteiger partial charge in [0.2, 0.25) is 0 Å². The van der Waals surface area contributed by atoms with Crippen molar-refractivity contribution in [3.05, 3.63) is 69.4 Å². The van der Waals surface area contributed by atoms with E-state index in [1.54, 1.807) is 18.2 Å². The van der Waals surface area contributed by atoms with Crippen molar-refractivity contribution in [1.29, 1.82) is 0 Å². The van der Waals surface area contributed by atoms with Crippen molar-refractivity contribution in [2.75, 3.05) is 0 Å². The summed E-state index contributed by atoms with van der Waals surface area (Å²) in [4.78, 5) is 12.5. The van der Waals surface area contributed by atoms with Crippen LogP contribution in [-0.4, -0.2) is 5.78 Å². The zero-order valence-electron chi connectivity index (χ0n) is 10.2. The van der Waals surface area contributed by atoms with Crippen molar-refractivity contribution >= 4 is 21.7 Å². The van der Waals surface area contributed by atoms with Crippen LogP contribution in [0.1, 0.15) is 33.8 Å². The molecule has 0 aliphatic heterocycles. The molecule has 0 fully saturated rings. The lowest BCUT2D eigenvalue weighted by molar-refractivity contribution is 0.0955. The molecule has 2 aromatic rings. The summed E-state index contributed by atoms with van der Waals surface area (Å²) < 4.78 is 14.4. The Labute approximate surface area is 119 Å². The first-order valence-electron chi connectivity index (χ1n) is 6.24. The van der Waals surface area contributed by atoms with Gasteiger partial charge in [-0.15, -0.1) is 0 Å². The fraction of sp³-hybridized carbons (Fsp3) is 0.188. The summed E-state index contributed by atoms with van der Waals surface area (Å²) in [6.07, 6.45) is 1.66. The van der Waals surface area contributed by atoms with E-state index in [2.05, 4.69) is 15.9 Å². The van der Waals surface area contributed by atoms with Crippen molar-refractivity contribution < 1.29 is 9.18 Å². The Morgan fingerprint density at radius 1 is 1.16 bits per heavy atom. The van der Waals surface area contributed by atoms with Gasteiger partial charge >= 0.3 is 0 Å². The van der Waals surface area contributed by atoms with E-state index in [0.29, 0.717) is 4.47 Å². The standard InChI is InChI=1S/C16H12BrFO/c17-14-7-3-6-13(15(14)18)16(19)12-9-8-10-4-1-2-5-11(10)12/h1-7,12H,8-9H2. The maximum Gasteiger partial charge on any atom is 0.173 e. The van der Waals surface area contributed by atoms with Gasteiger partial charge in [0.05, 0.1) is 10.0 Å². The number of ketones is 1. The highest BCUT2D eigenvalue weighted by atomic mass is 79.9. The number of carbonyl (C=O) groups is 1. The molecule has 0 aromatic heterocycles. The third-order valence-electron chi connectivity index (χ3n) is 3.67. The highest BCUT2D eigenvalue weighted by Crippen LogP contribution is 2.36. The second kappa shape index (κ2) is 4.89. The average Bonchev–Trinajstić information content (AvgIpc) is 2.85. The zero-order chi connectivity index (χ0) is 13.4. The van der Waals surface area contributed by atoms with Crippen LogP contribution in [0, 0.1) is 5.82 Å². The molecule has 1 aliphatic rings. The molecule has 19 heavy (non-hydrogen) atoms. The van der Waals surface area contributed by atoms with E-state index in [0.717, 1.165) is 18.4 Å². The van der Waals surface area contributed by atoms with Crippen molar-refractivity contribution in [3.8, 4) is 0 Å². The predicted molar refractivity (Wildman–Crippen MR) is 75.9 cm³/mol. The minimum Gasteiger partial charge on any atom is -0.293 e. The van der Waals surface area contributed by atoms with Gasteiger partial charge in [-0.05, 0) is 52.0 Å². The summed E-state index contributed by atoms with van der Waals surface area (Å²) in [5.41, 5.74) is 2.43. The highest BCUT2D eigenvalue weighted by Gasteiger charge is 2.30. The maximum atomic E-state index is 14.0. The van der Waals surface area contributed by atoms with Gasteiger partial charge in [0.25, 0.3) is 0 Å². The Balaban J connectivity index is 2.00. The Morgan fingerprint density at radius 3 is 2.79 bits per heavy atom. The van der Waals surface area contributed by atoms with Crippen molar-refractivity contribution in [1.82, 2.24) is 0 Å². The molecule has 0 saturated heterocycles. The number of rotatable bonds is 2. The maximum absolute atomic E-state index is 14.0. The van der Waals surface area contributed by atoms with E-state index < -0.39 is 5.82 Å². The van der Waals surface area contributed by atoms with Crippen molar-refractivity contribution in [3.63, 3.8) is 0 Å². The molecule has 0 amide bonds. The van der Waals surface area contributed by atoms with Crippen LogP contribution in [0.5, 0.6) is 0 Å². The quantitative estimate of drug-likeness (QED) is 0.745. The van der Waals surface area contributed by atoms with Crippen LogP contribution >= 0.6 is 15.9 Å². The zero-order valence-corrected chi connectivity index (χ0v) is 11.8. The molecule has 0 spiro atoms. The second-order valence-corrected chi connectivity index (χ2v) is 5.61. The summed E-state index contributed by atoms with van der Waals surface area (Å²) in [6.45, 7) is 0. The molecule has 3 heteroatoms. The van der Waals surface area contributed by atoms with Gasteiger partial charge in [-0.25, -0.2) is 4.39 Å². The Kier molecular flexibility index (Phi) is 3.23. The second-order valence-electron chi connectivity index (χ2n) is 4.76. The van der Waals surface area contributed by atoms with Crippen LogP contribution in [0.4, 0.5) is 4.39 Å². The van der Waals surface area contributed by atoms with E-state index in [4.69, 9.17) is 0 Å². The molecule has 1 aliphatic carbocycles. The van der Waals surface area contributed by atoms with Crippen LogP contribution < -0.4 is 0 Å². The number of hydrogen-bond acceptors (Lipinski definition) is 1. The van der Waals surface area contributed by atoms with Gasteiger partial charge in [-0.2, -0.15) is 0 Å². The summed E-state index contributed by atoms with van der Waals surface area (Å²) in [5.74, 6) is -0.791. The van der Waals surface area contributed by atoms with Crippen LogP contribution in [0.25, 0.3) is 0 Å². The van der Waals surface area contributed by atoms with Gasteiger partial charge < -0.3 is 0 Å². The molecule has 0 bridgehead atoms. The number of hydrogen-bond donors (Lipinski definition) is 0. The Hall–Kier alpha value is -1.48. The number of aryl methyl sites for hydroxylation is 1. The molecular formula is C16H12BrFO. The molecule has 96 valence electrons. The topological polar surface area (TPSA) is 17.1 Å². The van der Waals surface area contributed by atoms with Gasteiger partial charge in [0.1, 0.15) is 5.82 Å². The summed E-state index contributed by atoms with van der Waals surface area (Å²) in [6, 6.07) is 12.8. The third kappa shape index (κ3) is 2.12. The first-order chi connectivity index (χ1) is 9.18. The fourth-order valence-electron chi connectivity index (χ4n) is 2.71. The highest BCUT2D eigenvalue weighted by molar-refractivity contribution is 9.10. The van der Waals surface area contributed by atoms with Crippen molar-refractivity contribution in [2.45, 2.75) is 18.8 Å². The Morgan fingerprint density at radius 2 is 1.95 bits per heavy atom. The number of benzene rings is 2. The van der Waals surface area contributed by atoms with Crippen molar-refractivity contribution in [2.24, 2.45) is 0 Å². The molecule has 0 N–H and O–H groups in total. The number of carbonyl (C=O) groups excluding carboxylic acids is 1. The molecule has 0 saturated carbocycles. The smallest absolute Gasteiger partial charge is 0.173 e. The van der Waals surface area contributed by atoms with Crippen LogP contribution in [0.15, 0.2) is 46.9 Å². The predicted octanol–water partition coefficient (Wildman–Crippen LogP) is 4.50. The van der Waals surface area contributed by atoms with Gasteiger partial charge in [-0.3, -0.25) is 4.79 Å². The van der Waals surface area contributed by atoms with Gasteiger partial charge in [-0.1, -0.05) is 30.3 Å². The molecule has 0 radical (unpaired) electrons. The largest absolute Gasteiger partial charge is 0.293 e. The van der Waals surface area contributed by atoms with E-state index in [1.807, 2.05) is 24.3 Å². The van der Waals surface area contributed by atoms with Crippen LogP contribution in [-0.2, 0) is 6.42 Å². The minimum absolute atomic E-state index is 0.122. The fourth-order valence-corrected chi connectivity index (χ4v) is 3.08. The first-order valence-corrected chi connectivity index (χ1v) is 7.04. The normalized spacial score (nSPS) is 17.3. The third-order valence-corrected chi connectivity index (χ3v) is 4.28. The molecular weight excluding hydrogens is 307 g/mol. The van der Waals surface area contributed by atoms with Crippen LogP contribution in [0.2, 0.25) is 0 Å². The lowest BCUT2D eigenvalue weighted by Crippen LogP contribution is -2.12. The van der Waals surface area contributed by atoms with Gasteiger partial charge in [0, 0.05) is 5.92 Å². The summed E-state index contributed by atoms with van der Waals surface area (Å²) >= 11 is 3.13. The molecule has 0 heterocycles. The average molecular weight is 319 g/mol. The SMILES string of the molecule is O=C(c1cccc(Br)c1F)C1CCc2ccccc21. The Bertz CT molecular complexity index is 651. The molecule has 1 nitrogen and oxygen atoms in total. The number of halogens is 2.